The highest BCUT2D eigenvalue weighted by Crippen LogP contribution is 2.12. The van der Waals surface area contributed by atoms with Crippen molar-refractivity contribution in [2.75, 3.05) is 13.2 Å². The molecule has 0 rings (SSSR count). The highest BCUT2D eigenvalue weighted by atomic mass is 16.5. The summed E-state index contributed by atoms with van der Waals surface area (Å²) in [6.45, 7) is 5.47. The van der Waals surface area contributed by atoms with Gasteiger partial charge in [0.15, 0.2) is 0 Å². The summed E-state index contributed by atoms with van der Waals surface area (Å²) in [7, 11) is 0. The van der Waals surface area contributed by atoms with Crippen molar-refractivity contribution in [1.82, 2.24) is 0 Å². The molecule has 150 valence electrons. The van der Waals surface area contributed by atoms with Crippen LogP contribution in [0.4, 0.5) is 0 Å². The monoisotopic (exact) mass is 356 g/mol. The molecule has 0 aromatic rings. The standard InChI is InChI=1S/C22H44O3/c1-21(2)17-13-9-10-14-18-22(24)25-20-16-12-8-6-4-3-5-7-11-15-19-23/h21,23H,3-20H2,1-2H3. The molecule has 1 N–H and O–H groups in total. The second-order valence-electron chi connectivity index (χ2n) is 7.83. The number of ether oxygens (including phenoxy) is 1. The molecule has 0 unspecified atom stereocenters. The molecule has 0 amide bonds. The van der Waals surface area contributed by atoms with Crippen molar-refractivity contribution in [2.45, 2.75) is 117 Å². The van der Waals surface area contributed by atoms with Crippen molar-refractivity contribution in [3.63, 3.8) is 0 Å². The zero-order valence-corrected chi connectivity index (χ0v) is 17.1. The van der Waals surface area contributed by atoms with Crippen molar-refractivity contribution in [3.8, 4) is 0 Å². The Balaban J connectivity index is 3.14. The molecule has 0 heterocycles. The van der Waals surface area contributed by atoms with Crippen LogP contribution in [0.1, 0.15) is 117 Å². The molecule has 0 aromatic carbocycles. The van der Waals surface area contributed by atoms with E-state index in [1.807, 2.05) is 0 Å². The van der Waals surface area contributed by atoms with Crippen LogP contribution in [-0.4, -0.2) is 24.3 Å². The molecular weight excluding hydrogens is 312 g/mol. The van der Waals surface area contributed by atoms with Gasteiger partial charge in [0.2, 0.25) is 0 Å². The molecular formula is C22H44O3. The molecule has 0 fully saturated rings. The lowest BCUT2D eigenvalue weighted by Gasteiger charge is -2.06. The van der Waals surface area contributed by atoms with Crippen molar-refractivity contribution in [3.05, 3.63) is 0 Å². The largest absolute Gasteiger partial charge is 0.466 e. The number of rotatable bonds is 19. The summed E-state index contributed by atoms with van der Waals surface area (Å²) in [4.78, 5) is 11.6. The zero-order valence-electron chi connectivity index (χ0n) is 17.1. The number of hydrogen-bond acceptors (Lipinski definition) is 3. The number of aliphatic hydroxyl groups excluding tert-OH is 1. The molecule has 25 heavy (non-hydrogen) atoms. The lowest BCUT2D eigenvalue weighted by molar-refractivity contribution is -0.143. The van der Waals surface area contributed by atoms with E-state index in [0.29, 0.717) is 19.6 Å². The van der Waals surface area contributed by atoms with Crippen molar-refractivity contribution in [2.24, 2.45) is 5.92 Å². The van der Waals surface area contributed by atoms with E-state index in [1.165, 1.54) is 70.6 Å². The van der Waals surface area contributed by atoms with Gasteiger partial charge in [0.25, 0.3) is 0 Å². The Labute approximate surface area is 156 Å². The van der Waals surface area contributed by atoms with Gasteiger partial charge < -0.3 is 9.84 Å². The number of aliphatic hydroxyl groups is 1. The minimum Gasteiger partial charge on any atom is -0.466 e. The fraction of sp³-hybridized carbons (Fsp3) is 0.955. The molecule has 0 bridgehead atoms. The fourth-order valence-electron chi connectivity index (χ4n) is 3.06. The van der Waals surface area contributed by atoms with Crippen LogP contribution in [0.15, 0.2) is 0 Å². The molecule has 0 atom stereocenters. The Kier molecular flexibility index (Phi) is 19.3. The molecule has 0 spiro atoms. The van der Waals surface area contributed by atoms with Crippen LogP contribution < -0.4 is 0 Å². The maximum atomic E-state index is 11.6. The molecule has 3 heteroatoms. The van der Waals surface area contributed by atoms with Gasteiger partial charge in [0.1, 0.15) is 0 Å². The molecule has 0 aromatic heterocycles. The van der Waals surface area contributed by atoms with Gasteiger partial charge in [-0.25, -0.2) is 0 Å². The Morgan fingerprint density at radius 1 is 0.720 bits per heavy atom. The lowest BCUT2D eigenvalue weighted by Crippen LogP contribution is -2.05. The van der Waals surface area contributed by atoms with E-state index in [0.717, 1.165) is 31.6 Å². The Morgan fingerprint density at radius 3 is 1.76 bits per heavy atom. The number of hydrogen-bond donors (Lipinski definition) is 1. The highest BCUT2D eigenvalue weighted by Gasteiger charge is 2.02. The van der Waals surface area contributed by atoms with E-state index in [4.69, 9.17) is 9.84 Å². The van der Waals surface area contributed by atoms with Crippen molar-refractivity contribution < 1.29 is 14.6 Å². The number of unbranched alkanes of at least 4 members (excludes halogenated alkanes) is 12. The lowest BCUT2D eigenvalue weighted by atomic mass is 10.0. The normalized spacial score (nSPS) is 11.2. The predicted molar refractivity (Wildman–Crippen MR) is 107 cm³/mol. The van der Waals surface area contributed by atoms with Crippen LogP contribution in [0.5, 0.6) is 0 Å². The summed E-state index contributed by atoms with van der Waals surface area (Å²) >= 11 is 0. The molecule has 0 aliphatic rings. The zero-order chi connectivity index (χ0) is 18.6. The van der Waals surface area contributed by atoms with Gasteiger partial charge in [-0.3, -0.25) is 4.79 Å². The second kappa shape index (κ2) is 19.8. The first kappa shape index (κ1) is 24.4. The third-order valence-electron chi connectivity index (χ3n) is 4.73. The van der Waals surface area contributed by atoms with Crippen LogP contribution in [-0.2, 0) is 9.53 Å². The van der Waals surface area contributed by atoms with Crippen molar-refractivity contribution in [1.29, 1.82) is 0 Å². The SMILES string of the molecule is CC(C)CCCCCCC(=O)OCCCCCCCCCCCCO. The summed E-state index contributed by atoms with van der Waals surface area (Å²) in [6, 6.07) is 0. The van der Waals surface area contributed by atoms with Crippen LogP contribution in [0.25, 0.3) is 0 Å². The van der Waals surface area contributed by atoms with E-state index >= 15 is 0 Å². The smallest absolute Gasteiger partial charge is 0.305 e. The topological polar surface area (TPSA) is 46.5 Å². The molecule has 0 aliphatic carbocycles. The quantitative estimate of drug-likeness (QED) is 0.214. The maximum absolute atomic E-state index is 11.6. The first-order chi connectivity index (χ1) is 12.2. The maximum Gasteiger partial charge on any atom is 0.305 e. The number of carbonyl (C=O) groups is 1. The van der Waals surface area contributed by atoms with Gasteiger partial charge in [0.05, 0.1) is 6.61 Å². The van der Waals surface area contributed by atoms with Gasteiger partial charge in [-0.15, -0.1) is 0 Å². The molecule has 3 nitrogen and oxygen atoms in total. The van der Waals surface area contributed by atoms with E-state index in [-0.39, 0.29) is 5.97 Å². The highest BCUT2D eigenvalue weighted by molar-refractivity contribution is 5.69. The summed E-state index contributed by atoms with van der Waals surface area (Å²) in [5.41, 5.74) is 0. The molecule has 0 radical (unpaired) electrons. The molecule has 0 aliphatic heterocycles. The Hall–Kier alpha value is -0.570. The number of carbonyl (C=O) groups excluding carboxylic acids is 1. The Morgan fingerprint density at radius 2 is 1.20 bits per heavy atom. The third-order valence-corrected chi connectivity index (χ3v) is 4.73. The van der Waals surface area contributed by atoms with E-state index in [9.17, 15) is 4.79 Å². The molecule has 0 saturated heterocycles. The number of esters is 1. The summed E-state index contributed by atoms with van der Waals surface area (Å²) in [5, 5.41) is 8.70. The van der Waals surface area contributed by atoms with E-state index < -0.39 is 0 Å². The average Bonchev–Trinajstić information content (AvgIpc) is 2.58. The predicted octanol–water partition coefficient (Wildman–Crippen LogP) is 6.42. The summed E-state index contributed by atoms with van der Waals surface area (Å²) in [6.07, 6.45) is 18.6. The van der Waals surface area contributed by atoms with E-state index in [2.05, 4.69) is 13.8 Å². The van der Waals surface area contributed by atoms with Gasteiger partial charge in [-0.2, -0.15) is 0 Å². The minimum atomic E-state index is -0.00765. The van der Waals surface area contributed by atoms with Crippen molar-refractivity contribution >= 4 is 5.97 Å². The Bertz CT molecular complexity index is 276. The van der Waals surface area contributed by atoms with Gasteiger partial charge in [-0.05, 0) is 25.2 Å². The van der Waals surface area contributed by atoms with Gasteiger partial charge >= 0.3 is 5.97 Å². The van der Waals surface area contributed by atoms with Crippen LogP contribution >= 0.6 is 0 Å². The van der Waals surface area contributed by atoms with Gasteiger partial charge in [0, 0.05) is 13.0 Å². The second-order valence-corrected chi connectivity index (χ2v) is 7.83. The third kappa shape index (κ3) is 21.4. The molecule has 0 saturated carbocycles. The van der Waals surface area contributed by atoms with Gasteiger partial charge in [-0.1, -0.05) is 90.9 Å². The average molecular weight is 357 g/mol. The summed E-state index contributed by atoms with van der Waals surface area (Å²) in [5.74, 6) is 0.786. The van der Waals surface area contributed by atoms with Crippen LogP contribution in [0.3, 0.4) is 0 Å². The minimum absolute atomic E-state index is 0.00765. The van der Waals surface area contributed by atoms with E-state index in [1.54, 1.807) is 0 Å². The fourth-order valence-corrected chi connectivity index (χ4v) is 3.06. The van der Waals surface area contributed by atoms with Crippen LogP contribution in [0, 0.1) is 5.92 Å². The first-order valence-corrected chi connectivity index (χ1v) is 10.9. The van der Waals surface area contributed by atoms with Crippen LogP contribution in [0.2, 0.25) is 0 Å². The summed E-state index contributed by atoms with van der Waals surface area (Å²) < 4.78 is 5.31. The first-order valence-electron chi connectivity index (χ1n) is 10.9.